The van der Waals surface area contributed by atoms with E-state index in [1.807, 2.05) is 0 Å². The van der Waals surface area contributed by atoms with Gasteiger partial charge in [0, 0.05) is 0 Å². The van der Waals surface area contributed by atoms with Crippen LogP contribution in [-0.2, 0) is 4.74 Å². The van der Waals surface area contributed by atoms with E-state index in [1.54, 1.807) is 0 Å². The summed E-state index contributed by atoms with van der Waals surface area (Å²) in [5.41, 5.74) is -5.01. The summed E-state index contributed by atoms with van der Waals surface area (Å²) >= 11 is 0. The van der Waals surface area contributed by atoms with Gasteiger partial charge in [-0.3, -0.25) is 0 Å². The second kappa shape index (κ2) is 5.47. The Hall–Kier alpha value is -0.740. The zero-order valence-corrected chi connectivity index (χ0v) is 11.0. The summed E-state index contributed by atoms with van der Waals surface area (Å²) in [4.78, 5) is 0. The van der Waals surface area contributed by atoms with Crippen molar-refractivity contribution in [2.75, 3.05) is 0 Å². The number of hydrogen-bond donors (Lipinski definition) is 0. The van der Waals surface area contributed by atoms with Gasteiger partial charge in [0.05, 0.1) is 6.10 Å². The number of halogens is 10. The van der Waals surface area contributed by atoms with E-state index in [9.17, 15) is 43.9 Å². The van der Waals surface area contributed by atoms with E-state index in [0.717, 1.165) is 6.92 Å². The van der Waals surface area contributed by atoms with Gasteiger partial charge in [0.2, 0.25) is 5.60 Å². The van der Waals surface area contributed by atoms with Crippen molar-refractivity contribution >= 4 is 0 Å². The van der Waals surface area contributed by atoms with Gasteiger partial charge in [0.15, 0.2) is 0 Å². The Kier molecular flexibility index (Phi) is 5.28. The number of alkyl halides is 10. The summed E-state index contributed by atoms with van der Waals surface area (Å²) in [5, 5.41) is 0. The molecule has 0 bridgehead atoms. The fourth-order valence-corrected chi connectivity index (χ4v) is 1.28. The van der Waals surface area contributed by atoms with Crippen LogP contribution in [0.2, 0.25) is 0 Å². The van der Waals surface area contributed by atoms with Gasteiger partial charge < -0.3 is 4.74 Å². The van der Waals surface area contributed by atoms with Crippen molar-refractivity contribution in [3.8, 4) is 0 Å². The molecule has 21 heavy (non-hydrogen) atoms. The standard InChI is InChI=1S/C10H12F10O/c1-4-5(2)21-6(3,9(15,16)17)7(11,12)8(13,14)10(18,19)20/h5H,4H2,1-3H3. The molecule has 0 aliphatic carbocycles. The predicted octanol–water partition coefficient (Wildman–Crippen LogP) is 4.96. The molecule has 2 unspecified atom stereocenters. The van der Waals surface area contributed by atoms with Crippen LogP contribution in [0.5, 0.6) is 0 Å². The fraction of sp³-hybridized carbons (Fsp3) is 1.00. The maximum Gasteiger partial charge on any atom is 0.460 e. The normalized spacial score (nSPS) is 19.3. The maximum absolute atomic E-state index is 13.4. The molecule has 1 nitrogen and oxygen atoms in total. The van der Waals surface area contributed by atoms with Crippen LogP contribution < -0.4 is 0 Å². The molecule has 2 atom stereocenters. The predicted molar refractivity (Wildman–Crippen MR) is 51.2 cm³/mol. The van der Waals surface area contributed by atoms with E-state index in [0.29, 0.717) is 0 Å². The average molecular weight is 338 g/mol. The highest BCUT2D eigenvalue weighted by atomic mass is 19.4. The van der Waals surface area contributed by atoms with Gasteiger partial charge in [-0.25, -0.2) is 0 Å². The molecule has 0 aromatic heterocycles. The Morgan fingerprint density at radius 1 is 0.762 bits per heavy atom. The lowest BCUT2D eigenvalue weighted by molar-refractivity contribution is -0.431. The van der Waals surface area contributed by atoms with Gasteiger partial charge in [0.1, 0.15) is 0 Å². The number of hydrogen-bond acceptors (Lipinski definition) is 1. The molecular weight excluding hydrogens is 326 g/mol. The lowest BCUT2D eigenvalue weighted by Crippen LogP contribution is -2.69. The van der Waals surface area contributed by atoms with Crippen LogP contribution in [0.4, 0.5) is 43.9 Å². The van der Waals surface area contributed by atoms with Crippen molar-refractivity contribution in [3.63, 3.8) is 0 Å². The lowest BCUT2D eigenvalue weighted by Gasteiger charge is -2.43. The molecule has 0 aromatic rings. The largest absolute Gasteiger partial charge is 0.460 e. The average Bonchev–Trinajstić information content (AvgIpc) is 2.24. The van der Waals surface area contributed by atoms with Crippen molar-refractivity contribution in [3.05, 3.63) is 0 Å². The van der Waals surface area contributed by atoms with Gasteiger partial charge in [-0.15, -0.1) is 0 Å². The highest BCUT2D eigenvalue weighted by molar-refractivity contribution is 5.07. The first-order valence-electron chi connectivity index (χ1n) is 5.52. The first kappa shape index (κ1) is 20.3. The molecule has 0 amide bonds. The third-order valence-corrected chi connectivity index (χ3v) is 2.90. The Labute approximate surface area is 113 Å². The van der Waals surface area contributed by atoms with E-state index in [4.69, 9.17) is 0 Å². The molecule has 0 spiro atoms. The van der Waals surface area contributed by atoms with Gasteiger partial charge in [-0.2, -0.15) is 43.9 Å². The Morgan fingerprint density at radius 3 is 1.38 bits per heavy atom. The van der Waals surface area contributed by atoms with E-state index in [-0.39, 0.29) is 6.42 Å². The second-order valence-corrected chi connectivity index (χ2v) is 4.51. The molecule has 0 saturated heterocycles. The SMILES string of the molecule is CCC(C)OC(C)(C(F)(F)F)C(F)(F)C(F)(F)C(F)(F)F. The minimum Gasteiger partial charge on any atom is -0.357 e. The minimum atomic E-state index is -6.92. The molecule has 0 N–H and O–H groups in total. The lowest BCUT2D eigenvalue weighted by atomic mass is 9.90. The van der Waals surface area contributed by atoms with E-state index >= 15 is 0 Å². The first-order valence-corrected chi connectivity index (χ1v) is 5.52. The van der Waals surface area contributed by atoms with Gasteiger partial charge in [-0.05, 0) is 20.3 Å². The fourth-order valence-electron chi connectivity index (χ4n) is 1.28. The monoisotopic (exact) mass is 338 g/mol. The molecule has 128 valence electrons. The van der Waals surface area contributed by atoms with Gasteiger partial charge >= 0.3 is 24.2 Å². The van der Waals surface area contributed by atoms with Crippen molar-refractivity contribution in [1.29, 1.82) is 0 Å². The third-order valence-electron chi connectivity index (χ3n) is 2.90. The smallest absolute Gasteiger partial charge is 0.357 e. The topological polar surface area (TPSA) is 9.23 Å². The maximum atomic E-state index is 13.4. The molecule has 0 fully saturated rings. The van der Waals surface area contributed by atoms with Crippen LogP contribution in [0.1, 0.15) is 27.2 Å². The first-order chi connectivity index (χ1) is 8.95. The molecule has 0 aliphatic rings. The number of rotatable bonds is 5. The van der Waals surface area contributed by atoms with Crippen LogP contribution in [-0.4, -0.2) is 35.9 Å². The summed E-state index contributed by atoms with van der Waals surface area (Å²) < 4.78 is 131. The Balaban J connectivity index is 6.06. The molecule has 0 radical (unpaired) electrons. The zero-order valence-electron chi connectivity index (χ0n) is 11.0. The molecule has 11 heteroatoms. The van der Waals surface area contributed by atoms with Crippen LogP contribution in [0, 0.1) is 0 Å². The van der Waals surface area contributed by atoms with Crippen molar-refractivity contribution in [2.24, 2.45) is 0 Å². The van der Waals surface area contributed by atoms with E-state index < -0.39 is 42.8 Å². The summed E-state index contributed by atoms with van der Waals surface area (Å²) in [6.45, 7) is 1.49. The summed E-state index contributed by atoms with van der Waals surface area (Å²) in [6.07, 6.45) is -15.0. The van der Waals surface area contributed by atoms with Crippen LogP contribution in [0.15, 0.2) is 0 Å². The third kappa shape index (κ3) is 3.21. The molecule has 0 saturated carbocycles. The summed E-state index contributed by atoms with van der Waals surface area (Å²) in [7, 11) is 0. The van der Waals surface area contributed by atoms with Crippen molar-refractivity contribution < 1.29 is 48.6 Å². The summed E-state index contributed by atoms with van der Waals surface area (Å²) in [6, 6.07) is 0. The highest BCUT2D eigenvalue weighted by Crippen LogP contribution is 2.56. The highest BCUT2D eigenvalue weighted by Gasteiger charge is 2.84. The van der Waals surface area contributed by atoms with Crippen molar-refractivity contribution in [2.45, 2.75) is 63.1 Å². The van der Waals surface area contributed by atoms with Crippen LogP contribution >= 0.6 is 0 Å². The number of ether oxygens (including phenoxy) is 1. The van der Waals surface area contributed by atoms with Gasteiger partial charge in [0.25, 0.3) is 0 Å². The Bertz CT molecular complexity index is 358. The quantitative estimate of drug-likeness (QED) is 0.644. The van der Waals surface area contributed by atoms with E-state index in [2.05, 4.69) is 4.74 Å². The Morgan fingerprint density at radius 2 is 1.14 bits per heavy atom. The van der Waals surface area contributed by atoms with Crippen LogP contribution in [0.3, 0.4) is 0 Å². The molecule has 0 aromatic carbocycles. The second-order valence-electron chi connectivity index (χ2n) is 4.51. The van der Waals surface area contributed by atoms with Crippen LogP contribution in [0.25, 0.3) is 0 Å². The molecule has 0 heterocycles. The molecular formula is C10H12F10O. The molecule has 0 aliphatic heterocycles. The summed E-state index contributed by atoms with van der Waals surface area (Å²) in [5.74, 6) is -13.5. The van der Waals surface area contributed by atoms with Gasteiger partial charge in [-0.1, -0.05) is 6.92 Å². The van der Waals surface area contributed by atoms with Crippen molar-refractivity contribution in [1.82, 2.24) is 0 Å². The van der Waals surface area contributed by atoms with E-state index in [1.165, 1.54) is 6.92 Å². The molecule has 0 rings (SSSR count). The zero-order chi connectivity index (χ0) is 17.5. The minimum absolute atomic E-state index is 0.306.